The Morgan fingerprint density at radius 2 is 1.62 bits per heavy atom. The van der Waals surface area contributed by atoms with Crippen molar-refractivity contribution in [2.75, 3.05) is 4.90 Å². The van der Waals surface area contributed by atoms with E-state index >= 15 is 0 Å². The van der Waals surface area contributed by atoms with Crippen molar-refractivity contribution in [2.45, 2.75) is 6.42 Å². The van der Waals surface area contributed by atoms with Gasteiger partial charge in [-0.3, -0.25) is 0 Å². The zero-order valence-electron chi connectivity index (χ0n) is 15.4. The van der Waals surface area contributed by atoms with Crippen molar-refractivity contribution in [1.29, 1.82) is 0 Å². The van der Waals surface area contributed by atoms with E-state index in [-0.39, 0.29) is 0 Å². The zero-order chi connectivity index (χ0) is 20.2. The van der Waals surface area contributed by atoms with Gasteiger partial charge in [0.2, 0.25) is 0 Å². The van der Waals surface area contributed by atoms with Crippen LogP contribution in [-0.2, 0) is 6.42 Å². The van der Waals surface area contributed by atoms with Crippen LogP contribution in [0.15, 0.2) is 91.0 Å². The van der Waals surface area contributed by atoms with Gasteiger partial charge in [0.15, 0.2) is 0 Å². The van der Waals surface area contributed by atoms with Gasteiger partial charge in [0, 0.05) is 12.5 Å². The molecule has 0 radical (unpaired) electrons. The summed E-state index contributed by atoms with van der Waals surface area (Å²) in [7, 11) is 0. The van der Waals surface area contributed by atoms with Crippen LogP contribution in [-0.4, -0.2) is 21.0 Å². The standard InChI is InChI=1S/C23H18FN3O2/c24-18-10-7-13-21(15-18)27-22(26(23(28)29)20-11-5-2-6-12-20)16-19(25-27)14-17-8-3-1-4-9-17/h1-13,15-16H,14H2,(H,28,29). The van der Waals surface area contributed by atoms with Gasteiger partial charge in [0.25, 0.3) is 0 Å². The van der Waals surface area contributed by atoms with E-state index in [0.29, 0.717) is 29.3 Å². The van der Waals surface area contributed by atoms with Crippen LogP contribution in [0.25, 0.3) is 5.69 Å². The smallest absolute Gasteiger partial charge is 0.417 e. The van der Waals surface area contributed by atoms with E-state index in [2.05, 4.69) is 5.10 Å². The molecule has 0 fully saturated rings. The van der Waals surface area contributed by atoms with Crippen molar-refractivity contribution >= 4 is 17.6 Å². The molecule has 0 aliphatic heterocycles. The first kappa shape index (κ1) is 18.4. The molecule has 0 unspecified atom stereocenters. The van der Waals surface area contributed by atoms with Crippen LogP contribution in [0, 0.1) is 5.82 Å². The fourth-order valence-corrected chi connectivity index (χ4v) is 3.19. The Bertz CT molecular complexity index is 1130. The molecule has 0 spiro atoms. The summed E-state index contributed by atoms with van der Waals surface area (Å²) >= 11 is 0. The largest absolute Gasteiger partial charge is 0.464 e. The molecule has 1 heterocycles. The summed E-state index contributed by atoms with van der Waals surface area (Å²) in [5.41, 5.74) is 2.65. The van der Waals surface area contributed by atoms with Crippen molar-refractivity contribution in [1.82, 2.24) is 9.78 Å². The maximum atomic E-state index is 13.8. The third-order valence-corrected chi connectivity index (χ3v) is 4.46. The highest BCUT2D eigenvalue weighted by atomic mass is 19.1. The van der Waals surface area contributed by atoms with Crippen LogP contribution in [0.4, 0.5) is 20.7 Å². The Labute approximate surface area is 167 Å². The molecule has 0 atom stereocenters. The summed E-state index contributed by atoms with van der Waals surface area (Å²) in [6, 6.07) is 26.2. The van der Waals surface area contributed by atoms with E-state index in [9.17, 15) is 14.3 Å². The number of anilines is 2. The highest BCUT2D eigenvalue weighted by Crippen LogP contribution is 2.29. The average Bonchev–Trinajstić information content (AvgIpc) is 3.12. The molecule has 6 heteroatoms. The Hall–Kier alpha value is -3.93. The Kier molecular flexibility index (Phi) is 5.07. The predicted molar refractivity (Wildman–Crippen MR) is 109 cm³/mol. The fourth-order valence-electron chi connectivity index (χ4n) is 3.19. The summed E-state index contributed by atoms with van der Waals surface area (Å²) in [5, 5.41) is 14.5. The lowest BCUT2D eigenvalue weighted by Gasteiger charge is -2.20. The molecule has 4 rings (SSSR count). The molecule has 3 aromatic carbocycles. The lowest BCUT2D eigenvalue weighted by molar-refractivity contribution is 0.204. The first-order valence-electron chi connectivity index (χ1n) is 9.09. The van der Waals surface area contributed by atoms with Crippen molar-refractivity contribution in [3.8, 4) is 5.69 Å². The first-order chi connectivity index (χ1) is 14.1. The van der Waals surface area contributed by atoms with E-state index in [1.165, 1.54) is 16.8 Å². The molecule has 0 saturated heterocycles. The summed E-state index contributed by atoms with van der Waals surface area (Å²) in [4.78, 5) is 13.3. The second-order valence-electron chi connectivity index (χ2n) is 6.50. The van der Waals surface area contributed by atoms with Crippen LogP contribution < -0.4 is 4.90 Å². The molecule has 0 aliphatic rings. The molecule has 144 valence electrons. The highest BCUT2D eigenvalue weighted by Gasteiger charge is 2.23. The monoisotopic (exact) mass is 387 g/mol. The van der Waals surface area contributed by atoms with Gasteiger partial charge in [-0.2, -0.15) is 5.10 Å². The van der Waals surface area contributed by atoms with Crippen LogP contribution in [0.1, 0.15) is 11.3 Å². The number of carbonyl (C=O) groups is 1. The van der Waals surface area contributed by atoms with Crippen molar-refractivity contribution in [3.63, 3.8) is 0 Å². The molecular weight excluding hydrogens is 369 g/mol. The maximum absolute atomic E-state index is 13.8. The average molecular weight is 387 g/mol. The SMILES string of the molecule is O=C(O)N(c1ccccc1)c1cc(Cc2ccccc2)nn1-c1cccc(F)c1. The molecule has 0 bridgehead atoms. The molecule has 1 N–H and O–H groups in total. The number of aromatic nitrogens is 2. The second-order valence-corrected chi connectivity index (χ2v) is 6.50. The third-order valence-electron chi connectivity index (χ3n) is 4.46. The van der Waals surface area contributed by atoms with E-state index in [4.69, 9.17) is 0 Å². The topological polar surface area (TPSA) is 58.4 Å². The van der Waals surface area contributed by atoms with E-state index < -0.39 is 11.9 Å². The Balaban J connectivity index is 1.85. The van der Waals surface area contributed by atoms with Gasteiger partial charge in [-0.05, 0) is 35.9 Å². The number of amides is 1. The van der Waals surface area contributed by atoms with Crippen molar-refractivity contribution in [3.05, 3.63) is 108 Å². The number of hydrogen-bond acceptors (Lipinski definition) is 2. The maximum Gasteiger partial charge on any atom is 0.417 e. The van der Waals surface area contributed by atoms with Gasteiger partial charge in [0.05, 0.1) is 17.1 Å². The fraction of sp³-hybridized carbons (Fsp3) is 0.0435. The first-order valence-corrected chi connectivity index (χ1v) is 9.09. The molecule has 29 heavy (non-hydrogen) atoms. The van der Waals surface area contributed by atoms with Gasteiger partial charge in [-0.15, -0.1) is 0 Å². The van der Waals surface area contributed by atoms with Gasteiger partial charge >= 0.3 is 6.09 Å². The van der Waals surface area contributed by atoms with E-state index in [1.807, 2.05) is 36.4 Å². The summed E-state index contributed by atoms with van der Waals surface area (Å²) < 4.78 is 15.3. The lowest BCUT2D eigenvalue weighted by atomic mass is 10.1. The molecular formula is C23H18FN3O2. The van der Waals surface area contributed by atoms with Gasteiger partial charge in [0.1, 0.15) is 11.6 Å². The number of carboxylic acid groups (broad SMARTS) is 1. The summed E-state index contributed by atoms with van der Waals surface area (Å²) in [5.74, 6) is -0.102. The minimum absolute atomic E-state index is 0.320. The van der Waals surface area contributed by atoms with Gasteiger partial charge in [-0.1, -0.05) is 54.6 Å². The van der Waals surface area contributed by atoms with Crippen molar-refractivity contribution < 1.29 is 14.3 Å². The molecule has 0 aliphatic carbocycles. The number of rotatable bonds is 5. The van der Waals surface area contributed by atoms with Gasteiger partial charge < -0.3 is 5.11 Å². The number of halogens is 1. The number of para-hydroxylation sites is 1. The highest BCUT2D eigenvalue weighted by molar-refractivity contribution is 5.94. The second kappa shape index (κ2) is 7.98. The minimum atomic E-state index is -1.15. The number of hydrogen-bond donors (Lipinski definition) is 1. The molecule has 1 amide bonds. The Morgan fingerprint density at radius 3 is 2.28 bits per heavy atom. The molecule has 0 saturated carbocycles. The van der Waals surface area contributed by atoms with Gasteiger partial charge in [-0.25, -0.2) is 18.8 Å². The zero-order valence-corrected chi connectivity index (χ0v) is 15.4. The van der Waals surface area contributed by atoms with E-state index in [1.54, 1.807) is 42.5 Å². The molecule has 1 aromatic heterocycles. The third kappa shape index (κ3) is 4.01. The summed E-state index contributed by atoms with van der Waals surface area (Å²) in [6.07, 6.45) is -0.627. The Morgan fingerprint density at radius 1 is 0.931 bits per heavy atom. The normalized spacial score (nSPS) is 10.7. The predicted octanol–water partition coefficient (Wildman–Crippen LogP) is 5.42. The quantitative estimate of drug-likeness (QED) is 0.498. The van der Waals surface area contributed by atoms with Crippen molar-refractivity contribution in [2.24, 2.45) is 0 Å². The van der Waals surface area contributed by atoms with Crippen LogP contribution >= 0.6 is 0 Å². The van der Waals surface area contributed by atoms with Crippen LogP contribution in [0.3, 0.4) is 0 Å². The minimum Gasteiger partial charge on any atom is -0.464 e. The number of nitrogens with zero attached hydrogens (tertiary/aromatic N) is 3. The van der Waals surface area contributed by atoms with Crippen LogP contribution in [0.2, 0.25) is 0 Å². The molecule has 5 nitrogen and oxygen atoms in total. The lowest BCUT2D eigenvalue weighted by Crippen LogP contribution is -2.26. The molecule has 4 aromatic rings. The summed E-state index contributed by atoms with van der Waals surface area (Å²) in [6.45, 7) is 0. The van der Waals surface area contributed by atoms with E-state index in [0.717, 1.165) is 10.5 Å². The number of benzene rings is 3. The van der Waals surface area contributed by atoms with Crippen LogP contribution in [0.5, 0.6) is 0 Å².